The van der Waals surface area contributed by atoms with Crippen molar-refractivity contribution in [2.45, 2.75) is 33.5 Å². The summed E-state index contributed by atoms with van der Waals surface area (Å²) >= 11 is 6.27. The van der Waals surface area contributed by atoms with Crippen LogP contribution in [-0.4, -0.2) is 55.7 Å². The Morgan fingerprint density at radius 1 is 0.964 bits per heavy atom. The zero-order chi connectivity index (χ0) is 19.5. The smallest absolute Gasteiger partial charge is 0.172 e. The van der Waals surface area contributed by atoms with Crippen LogP contribution < -0.4 is 18.9 Å². The lowest BCUT2D eigenvalue weighted by molar-refractivity contribution is 0.0134. The number of hydrogen-bond donors (Lipinski definition) is 1. The van der Waals surface area contributed by atoms with Crippen LogP contribution in [0.25, 0.3) is 0 Å². The molecule has 1 N–H and O–H groups in total. The topological polar surface area (TPSA) is 66.4 Å². The van der Waals surface area contributed by atoms with E-state index in [2.05, 4.69) is 15.9 Å². The van der Waals surface area contributed by atoms with Gasteiger partial charge < -0.3 is 28.8 Å². The van der Waals surface area contributed by atoms with Crippen LogP contribution in [0, 0.1) is 0 Å². The summed E-state index contributed by atoms with van der Waals surface area (Å²) in [7, 11) is 0. The lowest BCUT2D eigenvalue weighted by Crippen LogP contribution is -2.32. The fourth-order valence-electron chi connectivity index (χ4n) is 2.14. The molecule has 0 aromatic carbocycles. The Hall–Kier alpha value is -1.00. The highest BCUT2D eigenvalue weighted by Crippen LogP contribution is 2.35. The molecule has 4 heterocycles. The van der Waals surface area contributed by atoms with Crippen LogP contribution in [-0.2, 0) is 4.74 Å². The van der Waals surface area contributed by atoms with Crippen molar-refractivity contribution in [3.63, 3.8) is 0 Å². The number of halogens is 1. The van der Waals surface area contributed by atoms with Crippen molar-refractivity contribution in [1.82, 2.24) is 0 Å². The second-order valence-electron chi connectivity index (χ2n) is 5.41. The van der Waals surface area contributed by atoms with Gasteiger partial charge in [-0.3, -0.25) is 0 Å². The summed E-state index contributed by atoms with van der Waals surface area (Å²) in [4.78, 5) is 0. The molecule has 2 aliphatic heterocycles. The van der Waals surface area contributed by atoms with Crippen molar-refractivity contribution in [1.29, 1.82) is 0 Å². The monoisotopic (exact) mass is 496 g/mol. The molecule has 6 nitrogen and oxygen atoms in total. The summed E-state index contributed by atoms with van der Waals surface area (Å²) < 4.78 is 27.0. The first-order valence-corrected chi connectivity index (χ1v) is 11.7. The van der Waals surface area contributed by atoms with Gasteiger partial charge in [-0.15, -0.1) is 22.7 Å². The van der Waals surface area contributed by atoms with Gasteiger partial charge in [0.15, 0.2) is 35.2 Å². The van der Waals surface area contributed by atoms with Gasteiger partial charge in [0.25, 0.3) is 0 Å². The van der Waals surface area contributed by atoms with Gasteiger partial charge in [0, 0.05) is 33.5 Å². The Morgan fingerprint density at radius 3 is 1.93 bits per heavy atom. The summed E-state index contributed by atoms with van der Waals surface area (Å²) in [5.41, 5.74) is 0. The number of ether oxygens (including phenoxy) is 5. The van der Waals surface area contributed by atoms with Crippen LogP contribution in [0.4, 0.5) is 0 Å². The third kappa shape index (κ3) is 7.79. The van der Waals surface area contributed by atoms with E-state index in [1.807, 2.05) is 35.4 Å². The van der Waals surface area contributed by atoms with Gasteiger partial charge in [0.1, 0.15) is 13.2 Å². The Bertz CT molecular complexity index is 648. The molecule has 2 aliphatic rings. The summed E-state index contributed by atoms with van der Waals surface area (Å²) in [6.07, 6.45) is -0.154. The van der Waals surface area contributed by atoms with Gasteiger partial charge in [-0.25, -0.2) is 0 Å². The molecule has 2 aromatic heterocycles. The van der Waals surface area contributed by atoms with E-state index < -0.39 is 0 Å². The Balaban J connectivity index is 0.000000241. The van der Waals surface area contributed by atoms with E-state index in [4.69, 9.17) is 28.8 Å². The molecule has 0 radical (unpaired) electrons. The van der Waals surface area contributed by atoms with Crippen LogP contribution in [0.15, 0.2) is 21.5 Å². The number of thiophene rings is 2. The van der Waals surface area contributed by atoms with Gasteiger partial charge in [-0.1, -0.05) is 30.3 Å². The molecule has 2 unspecified atom stereocenters. The highest BCUT2D eigenvalue weighted by Gasteiger charge is 2.21. The van der Waals surface area contributed by atoms with Crippen LogP contribution in [0.2, 0.25) is 0 Å². The van der Waals surface area contributed by atoms with E-state index in [0.29, 0.717) is 19.8 Å². The van der Waals surface area contributed by atoms with E-state index in [1.165, 1.54) is 11.3 Å². The van der Waals surface area contributed by atoms with Gasteiger partial charge in [0.05, 0.1) is 13.2 Å². The maximum Gasteiger partial charge on any atom is 0.172 e. The molecule has 0 saturated carbocycles. The summed E-state index contributed by atoms with van der Waals surface area (Å²) in [5, 5.41) is 17.5. The number of aliphatic hydroxyl groups excluding tert-OH is 1. The highest BCUT2D eigenvalue weighted by molar-refractivity contribution is 9.09. The lowest BCUT2D eigenvalue weighted by atomic mass is 10.3. The quantitative estimate of drug-likeness (QED) is 0.610. The van der Waals surface area contributed by atoms with E-state index in [-0.39, 0.29) is 26.2 Å². The lowest BCUT2D eigenvalue weighted by Gasteiger charge is -2.23. The second kappa shape index (κ2) is 14.1. The fraction of sp³-hybridized carbons (Fsp3) is 0.579. The first kappa shape index (κ1) is 25.0. The van der Waals surface area contributed by atoms with Gasteiger partial charge in [0.2, 0.25) is 0 Å². The first-order chi connectivity index (χ1) is 13.2. The average Bonchev–Trinajstić information content (AvgIpc) is 3.35. The molecule has 9 heteroatoms. The summed E-state index contributed by atoms with van der Waals surface area (Å²) in [6.45, 7) is 6.38. The number of fused-ring (bicyclic) bond motifs is 2. The number of alkyl halides is 1. The van der Waals surface area contributed by atoms with Crippen molar-refractivity contribution in [3.8, 4) is 23.0 Å². The van der Waals surface area contributed by atoms with Crippen molar-refractivity contribution in [3.05, 3.63) is 21.5 Å². The third-order valence-electron chi connectivity index (χ3n) is 3.33. The van der Waals surface area contributed by atoms with E-state index in [0.717, 1.165) is 34.9 Å². The number of hydrogen-bond acceptors (Lipinski definition) is 8. The van der Waals surface area contributed by atoms with Crippen molar-refractivity contribution in [2.75, 3.05) is 38.4 Å². The zero-order valence-corrected chi connectivity index (χ0v) is 18.6. The Kier molecular flexibility index (Phi) is 12.6. The molecule has 0 amide bonds. The molecule has 0 saturated heterocycles. The van der Waals surface area contributed by atoms with E-state index in [1.54, 1.807) is 11.3 Å². The minimum Gasteiger partial charge on any atom is -0.485 e. The molecule has 28 heavy (non-hydrogen) atoms. The highest BCUT2D eigenvalue weighted by atomic mass is 79.9. The fourth-order valence-corrected chi connectivity index (χ4v) is 3.49. The Labute approximate surface area is 183 Å². The maximum absolute atomic E-state index is 8.75. The zero-order valence-electron chi connectivity index (χ0n) is 15.4. The summed E-state index contributed by atoms with van der Waals surface area (Å²) in [5.74, 6) is 3.25. The van der Waals surface area contributed by atoms with E-state index >= 15 is 0 Å². The molecule has 0 spiro atoms. The normalized spacial score (nSPS) is 18.6. The second-order valence-corrected chi connectivity index (χ2v) is 8.02. The van der Waals surface area contributed by atoms with E-state index in [9.17, 15) is 0 Å². The van der Waals surface area contributed by atoms with Crippen molar-refractivity contribution in [2.24, 2.45) is 0 Å². The SMILES string of the molecule is C.CCBr.CCOCC1COc2cscc2O1.OCC1COc2cscc2O1. The average molecular weight is 497 g/mol. The van der Waals surface area contributed by atoms with Crippen LogP contribution >= 0.6 is 38.6 Å². The number of aliphatic hydroxyl groups is 1. The molecule has 2 aromatic rings. The van der Waals surface area contributed by atoms with Crippen LogP contribution in [0.3, 0.4) is 0 Å². The van der Waals surface area contributed by atoms with Crippen molar-refractivity contribution < 1.29 is 28.8 Å². The molecule has 4 rings (SSSR count). The maximum atomic E-state index is 8.75. The number of rotatable bonds is 4. The van der Waals surface area contributed by atoms with Crippen LogP contribution in [0.1, 0.15) is 21.3 Å². The van der Waals surface area contributed by atoms with Gasteiger partial charge in [-0.05, 0) is 6.92 Å². The predicted octanol–water partition coefficient (Wildman–Crippen LogP) is 4.84. The van der Waals surface area contributed by atoms with Gasteiger partial charge in [-0.2, -0.15) is 0 Å². The first-order valence-electron chi connectivity index (χ1n) is 8.67. The van der Waals surface area contributed by atoms with Crippen molar-refractivity contribution >= 4 is 38.6 Å². The van der Waals surface area contributed by atoms with Crippen LogP contribution in [0.5, 0.6) is 23.0 Å². The molecule has 0 bridgehead atoms. The minimum atomic E-state index is -0.197. The largest absolute Gasteiger partial charge is 0.485 e. The Morgan fingerprint density at radius 2 is 1.43 bits per heavy atom. The standard InChI is InChI=1S/C9H12O3S.C7H8O3S.C2H5Br.CH4/c1-2-10-3-7-4-11-8-5-13-6-9(8)12-7;8-1-5-2-9-6-3-11-4-7(6)10-5;1-2-3;/h5-7H,2-4H2,1H3;3-5,8H,1-2H2;2H2,1H3;1H4. The molecular weight excluding hydrogens is 468 g/mol. The molecule has 2 atom stereocenters. The summed E-state index contributed by atoms with van der Waals surface area (Å²) in [6, 6.07) is 0. The van der Waals surface area contributed by atoms with Gasteiger partial charge >= 0.3 is 0 Å². The predicted molar refractivity (Wildman–Crippen MR) is 118 cm³/mol. The minimum absolute atomic E-state index is 0. The molecule has 160 valence electrons. The third-order valence-corrected chi connectivity index (χ3v) is 4.73. The molecular formula is C19H29BrO6S2. The molecule has 0 fully saturated rings. The molecule has 0 aliphatic carbocycles.